The summed E-state index contributed by atoms with van der Waals surface area (Å²) in [6, 6.07) is 0. The van der Waals surface area contributed by atoms with Gasteiger partial charge in [0.2, 0.25) is 0 Å². The predicted molar refractivity (Wildman–Crippen MR) is 75.6 cm³/mol. The molecule has 9 heteroatoms. The van der Waals surface area contributed by atoms with Gasteiger partial charge in [0.25, 0.3) is 5.91 Å². The van der Waals surface area contributed by atoms with Crippen molar-refractivity contribution in [2.75, 3.05) is 23.7 Å². The Morgan fingerprint density at radius 2 is 2.00 bits per heavy atom. The van der Waals surface area contributed by atoms with Gasteiger partial charge in [0, 0.05) is 13.1 Å². The van der Waals surface area contributed by atoms with Gasteiger partial charge in [0.1, 0.15) is 16.2 Å². The van der Waals surface area contributed by atoms with E-state index in [2.05, 4.69) is 10.3 Å². The summed E-state index contributed by atoms with van der Waals surface area (Å²) in [5.74, 6) is -0.837. The second kappa shape index (κ2) is 5.36. The van der Waals surface area contributed by atoms with Crippen molar-refractivity contribution in [3.63, 3.8) is 0 Å². The van der Waals surface area contributed by atoms with Crippen LogP contribution in [0.1, 0.15) is 36.4 Å². The van der Waals surface area contributed by atoms with Crippen molar-refractivity contribution in [3.8, 4) is 0 Å². The third kappa shape index (κ3) is 2.92. The number of carbonyl (C=O) groups is 1. The van der Waals surface area contributed by atoms with Crippen LogP contribution >= 0.6 is 11.3 Å². The molecule has 0 atom stereocenters. The average Bonchev–Trinajstić information content (AvgIpc) is 3.08. The van der Waals surface area contributed by atoms with E-state index in [1.807, 2.05) is 18.7 Å². The first-order valence-corrected chi connectivity index (χ1v) is 7.46. The first-order chi connectivity index (χ1) is 9.74. The highest BCUT2D eigenvalue weighted by atomic mass is 32.1. The zero-order chi connectivity index (χ0) is 15.8. The topological polar surface area (TPSA) is 71.2 Å². The highest BCUT2D eigenvalue weighted by Crippen LogP contribution is 2.49. The molecule has 3 N–H and O–H groups in total. The summed E-state index contributed by atoms with van der Waals surface area (Å²) in [5, 5.41) is 2.60. The second-order valence-electron chi connectivity index (χ2n) is 4.92. The average molecular weight is 322 g/mol. The lowest BCUT2D eigenvalue weighted by Crippen LogP contribution is -2.47. The van der Waals surface area contributed by atoms with E-state index < -0.39 is 17.6 Å². The molecule has 1 heterocycles. The van der Waals surface area contributed by atoms with E-state index in [9.17, 15) is 18.0 Å². The van der Waals surface area contributed by atoms with Crippen LogP contribution in [0.5, 0.6) is 0 Å². The molecule has 0 radical (unpaired) electrons. The first-order valence-electron chi connectivity index (χ1n) is 6.64. The number of nitrogens with zero attached hydrogens (tertiary/aromatic N) is 2. The number of amides is 1. The van der Waals surface area contributed by atoms with Crippen molar-refractivity contribution in [1.82, 2.24) is 10.3 Å². The molecule has 1 aromatic heterocycles. The number of nitrogens with two attached hydrogens (primary N) is 1. The van der Waals surface area contributed by atoms with Crippen LogP contribution in [0.25, 0.3) is 0 Å². The number of rotatable bonds is 5. The number of aromatic nitrogens is 1. The van der Waals surface area contributed by atoms with Crippen molar-refractivity contribution >= 4 is 28.2 Å². The molecule has 2 rings (SSSR count). The van der Waals surface area contributed by atoms with E-state index in [-0.39, 0.29) is 23.5 Å². The largest absolute Gasteiger partial charge is 0.411 e. The fourth-order valence-electron chi connectivity index (χ4n) is 1.99. The molecular weight excluding hydrogens is 305 g/mol. The molecule has 0 aliphatic heterocycles. The molecule has 118 valence electrons. The zero-order valence-corrected chi connectivity index (χ0v) is 12.6. The van der Waals surface area contributed by atoms with Gasteiger partial charge in [-0.3, -0.25) is 4.79 Å². The zero-order valence-electron chi connectivity index (χ0n) is 11.8. The van der Waals surface area contributed by atoms with Crippen LogP contribution in [0.2, 0.25) is 0 Å². The number of hydrogen-bond acceptors (Lipinski definition) is 5. The van der Waals surface area contributed by atoms with Crippen LogP contribution in [0.15, 0.2) is 0 Å². The van der Waals surface area contributed by atoms with Crippen LogP contribution in [0, 0.1) is 0 Å². The smallest absolute Gasteiger partial charge is 0.382 e. The van der Waals surface area contributed by atoms with Crippen LogP contribution in [-0.4, -0.2) is 35.7 Å². The maximum absolute atomic E-state index is 12.8. The molecule has 1 amide bonds. The second-order valence-corrected chi connectivity index (χ2v) is 5.89. The van der Waals surface area contributed by atoms with Gasteiger partial charge in [-0.25, -0.2) is 4.98 Å². The van der Waals surface area contributed by atoms with Gasteiger partial charge in [0.05, 0.1) is 0 Å². The molecule has 1 aliphatic rings. The number of thiazole rings is 1. The summed E-state index contributed by atoms with van der Waals surface area (Å²) < 4.78 is 38.5. The Kier molecular flexibility index (Phi) is 4.05. The lowest BCUT2D eigenvalue weighted by atomic mass is 10.2. The molecule has 1 aromatic rings. The lowest BCUT2D eigenvalue weighted by Gasteiger charge is -2.20. The minimum atomic E-state index is -4.44. The molecule has 1 aliphatic carbocycles. The van der Waals surface area contributed by atoms with Crippen LogP contribution in [0.4, 0.5) is 24.1 Å². The maximum Gasteiger partial charge on any atom is 0.411 e. The molecular formula is C12H17F3N4OS. The number of nitrogens with one attached hydrogen (secondary N) is 1. The number of anilines is 2. The summed E-state index contributed by atoms with van der Waals surface area (Å²) in [5.41, 5.74) is 3.58. The summed E-state index contributed by atoms with van der Waals surface area (Å²) in [6.45, 7) is 5.20. The van der Waals surface area contributed by atoms with Gasteiger partial charge in [-0.15, -0.1) is 0 Å². The maximum atomic E-state index is 12.8. The van der Waals surface area contributed by atoms with Crippen LogP contribution < -0.4 is 16.0 Å². The molecule has 21 heavy (non-hydrogen) atoms. The van der Waals surface area contributed by atoms with E-state index in [4.69, 9.17) is 5.73 Å². The Labute approximate surface area is 124 Å². The number of halogens is 3. The highest BCUT2D eigenvalue weighted by Gasteiger charge is 2.64. The minimum absolute atomic E-state index is 0.0302. The van der Waals surface area contributed by atoms with Crippen molar-refractivity contribution in [2.45, 2.75) is 38.4 Å². The Hall–Kier alpha value is -1.51. The van der Waals surface area contributed by atoms with Crippen LogP contribution in [0.3, 0.4) is 0 Å². The summed E-state index contributed by atoms with van der Waals surface area (Å²) in [7, 11) is 0. The molecule has 1 fully saturated rings. The SMILES string of the molecule is CCN(CC)c1nc(N)c(C(=O)NC2(C(F)(F)F)CC2)s1. The van der Waals surface area contributed by atoms with E-state index in [1.165, 1.54) is 0 Å². The van der Waals surface area contributed by atoms with E-state index in [0.29, 0.717) is 18.2 Å². The Balaban J connectivity index is 2.17. The molecule has 1 saturated carbocycles. The third-order valence-corrected chi connectivity index (χ3v) is 4.66. The van der Waals surface area contributed by atoms with Gasteiger partial charge in [-0.05, 0) is 26.7 Å². The fraction of sp³-hybridized carbons (Fsp3) is 0.667. The fourth-order valence-corrected chi connectivity index (χ4v) is 3.00. The third-order valence-electron chi connectivity index (χ3n) is 3.53. The van der Waals surface area contributed by atoms with Gasteiger partial charge < -0.3 is 16.0 Å². The van der Waals surface area contributed by atoms with Crippen molar-refractivity contribution in [2.24, 2.45) is 0 Å². The minimum Gasteiger partial charge on any atom is -0.382 e. The van der Waals surface area contributed by atoms with Crippen molar-refractivity contribution in [3.05, 3.63) is 4.88 Å². The molecule has 5 nitrogen and oxygen atoms in total. The Bertz CT molecular complexity index is 535. The van der Waals surface area contributed by atoms with Gasteiger partial charge in [-0.2, -0.15) is 13.2 Å². The van der Waals surface area contributed by atoms with Gasteiger partial charge in [-0.1, -0.05) is 11.3 Å². The normalized spacial score (nSPS) is 16.6. The highest BCUT2D eigenvalue weighted by molar-refractivity contribution is 7.18. The Morgan fingerprint density at radius 1 is 1.43 bits per heavy atom. The monoisotopic (exact) mass is 322 g/mol. The quantitative estimate of drug-likeness (QED) is 0.873. The summed E-state index contributed by atoms with van der Waals surface area (Å²) >= 11 is 1.01. The number of alkyl halides is 3. The van der Waals surface area contributed by atoms with Gasteiger partial charge >= 0.3 is 6.18 Å². The first kappa shape index (κ1) is 15.9. The standard InChI is InChI=1S/C12H17F3N4OS/c1-3-19(4-2)10-17-8(16)7(21-10)9(20)18-11(5-6-11)12(13,14)15/h3-6,16H2,1-2H3,(H,18,20). The predicted octanol–water partition coefficient (Wildman–Crippen LogP) is 2.40. The molecule has 0 saturated heterocycles. The van der Waals surface area contributed by atoms with Crippen LogP contribution in [-0.2, 0) is 0 Å². The summed E-state index contributed by atoms with van der Waals surface area (Å²) in [4.78, 5) is 18.0. The van der Waals surface area contributed by atoms with E-state index >= 15 is 0 Å². The number of nitrogen functional groups attached to an aromatic ring is 1. The molecule has 0 bridgehead atoms. The van der Waals surface area contributed by atoms with E-state index in [0.717, 1.165) is 11.3 Å². The van der Waals surface area contributed by atoms with Crippen molar-refractivity contribution in [1.29, 1.82) is 0 Å². The molecule has 0 aromatic carbocycles. The summed E-state index contributed by atoms with van der Waals surface area (Å²) in [6.07, 6.45) is -4.63. The van der Waals surface area contributed by atoms with E-state index in [1.54, 1.807) is 0 Å². The lowest BCUT2D eigenvalue weighted by molar-refractivity contribution is -0.163. The number of hydrogen-bond donors (Lipinski definition) is 2. The number of carbonyl (C=O) groups excluding carboxylic acids is 1. The van der Waals surface area contributed by atoms with Gasteiger partial charge in [0.15, 0.2) is 5.13 Å². The Morgan fingerprint density at radius 3 is 2.43 bits per heavy atom. The van der Waals surface area contributed by atoms with Crippen molar-refractivity contribution < 1.29 is 18.0 Å². The molecule has 0 unspecified atom stereocenters. The molecule has 0 spiro atoms.